The summed E-state index contributed by atoms with van der Waals surface area (Å²) in [4.78, 5) is 6.72. The summed E-state index contributed by atoms with van der Waals surface area (Å²) in [5.74, 6) is 1.35. The Balaban J connectivity index is 1.55. The van der Waals surface area contributed by atoms with E-state index in [0.29, 0.717) is 12.4 Å². The van der Waals surface area contributed by atoms with Crippen LogP contribution in [0.5, 0.6) is 0 Å². The van der Waals surface area contributed by atoms with Crippen LogP contribution in [-0.4, -0.2) is 22.0 Å². The lowest BCUT2D eigenvalue weighted by atomic mass is 9.80. The van der Waals surface area contributed by atoms with Crippen molar-refractivity contribution in [1.82, 2.24) is 9.88 Å². The monoisotopic (exact) mass is 376 g/mol. The van der Waals surface area contributed by atoms with E-state index >= 15 is 0 Å². The molecule has 1 aliphatic carbocycles. The second-order valence-corrected chi connectivity index (χ2v) is 7.90. The third-order valence-electron chi connectivity index (χ3n) is 5.76. The summed E-state index contributed by atoms with van der Waals surface area (Å²) in [7, 11) is 2.07. The minimum atomic E-state index is -1.16. The number of nitrogens with zero attached hydrogens (tertiary/aromatic N) is 2. The van der Waals surface area contributed by atoms with E-state index in [2.05, 4.69) is 41.2 Å². The first kappa shape index (κ1) is 18.9. The van der Waals surface area contributed by atoms with E-state index in [0.717, 1.165) is 43.6 Å². The fraction of sp³-hybridized carbons (Fsp3) is 0.375. The predicted molar refractivity (Wildman–Crippen MR) is 110 cm³/mol. The van der Waals surface area contributed by atoms with Crippen molar-refractivity contribution in [2.45, 2.75) is 44.4 Å². The van der Waals surface area contributed by atoms with Crippen molar-refractivity contribution in [1.29, 1.82) is 0 Å². The summed E-state index contributed by atoms with van der Waals surface area (Å²) in [6, 6.07) is 20.2. The molecule has 0 bridgehead atoms. The molecule has 1 aromatic heterocycles. The van der Waals surface area contributed by atoms with E-state index in [1.165, 1.54) is 5.56 Å². The largest absolute Gasteiger partial charge is 0.441 e. The summed E-state index contributed by atoms with van der Waals surface area (Å²) in [6.45, 7) is 1.49. The third-order valence-corrected chi connectivity index (χ3v) is 5.76. The van der Waals surface area contributed by atoms with Crippen molar-refractivity contribution in [2.24, 2.45) is 5.92 Å². The van der Waals surface area contributed by atoms with Gasteiger partial charge in [-0.2, -0.15) is 0 Å². The molecular weight excluding hydrogens is 348 g/mol. The summed E-state index contributed by atoms with van der Waals surface area (Å²) >= 11 is 0. The van der Waals surface area contributed by atoms with Crippen molar-refractivity contribution in [3.05, 3.63) is 89.6 Å². The molecular formula is C24H28N2O2. The maximum atomic E-state index is 11.8. The van der Waals surface area contributed by atoms with Crippen molar-refractivity contribution in [3.8, 4) is 0 Å². The molecule has 4 heteroatoms. The number of aliphatic hydroxyl groups is 1. The molecule has 2 aromatic carbocycles. The molecule has 28 heavy (non-hydrogen) atoms. The molecule has 1 saturated carbocycles. The van der Waals surface area contributed by atoms with Crippen LogP contribution < -0.4 is 0 Å². The van der Waals surface area contributed by atoms with E-state index in [4.69, 9.17) is 4.42 Å². The van der Waals surface area contributed by atoms with E-state index in [9.17, 15) is 5.11 Å². The highest BCUT2D eigenvalue weighted by Crippen LogP contribution is 2.44. The average Bonchev–Trinajstić information content (AvgIpc) is 3.41. The number of rotatable bonds is 7. The van der Waals surface area contributed by atoms with Gasteiger partial charge in [0.2, 0.25) is 5.89 Å². The minimum absolute atomic E-state index is 0.142. The number of hydrogen-bond acceptors (Lipinski definition) is 4. The van der Waals surface area contributed by atoms with Gasteiger partial charge in [0, 0.05) is 12.5 Å². The van der Waals surface area contributed by atoms with Gasteiger partial charge in [0.1, 0.15) is 5.76 Å². The Morgan fingerprint density at radius 2 is 1.64 bits per heavy atom. The molecule has 0 spiro atoms. The van der Waals surface area contributed by atoms with Gasteiger partial charge in [-0.15, -0.1) is 0 Å². The van der Waals surface area contributed by atoms with Gasteiger partial charge in [0.25, 0.3) is 0 Å². The zero-order valence-corrected chi connectivity index (χ0v) is 16.4. The molecule has 0 aliphatic heterocycles. The highest BCUT2D eigenvalue weighted by Gasteiger charge is 2.45. The van der Waals surface area contributed by atoms with Gasteiger partial charge in [-0.3, -0.25) is 4.90 Å². The van der Waals surface area contributed by atoms with Crippen LogP contribution in [0.2, 0.25) is 0 Å². The Morgan fingerprint density at radius 3 is 2.32 bits per heavy atom. The number of benzene rings is 2. The predicted octanol–water partition coefficient (Wildman–Crippen LogP) is 4.73. The summed E-state index contributed by atoms with van der Waals surface area (Å²) < 4.78 is 6.12. The Kier molecular flexibility index (Phi) is 5.60. The maximum Gasteiger partial charge on any atom is 0.231 e. The lowest BCUT2D eigenvalue weighted by molar-refractivity contribution is -0.00728. The Bertz CT molecular complexity index is 872. The van der Waals surface area contributed by atoms with Crippen molar-refractivity contribution in [2.75, 3.05) is 7.05 Å². The molecule has 0 saturated heterocycles. The molecule has 1 N–H and O–H groups in total. The molecule has 3 aromatic rings. The van der Waals surface area contributed by atoms with Crippen LogP contribution in [0.1, 0.15) is 48.5 Å². The zero-order chi connectivity index (χ0) is 19.4. The first-order valence-electron chi connectivity index (χ1n) is 10.1. The van der Waals surface area contributed by atoms with Gasteiger partial charge < -0.3 is 9.52 Å². The SMILES string of the molecule is CN(Cc1ccccc1)Cc1cnc([C@@](O)(c2ccccc2)C2CCCC2)o1. The highest BCUT2D eigenvalue weighted by atomic mass is 16.4. The second kappa shape index (κ2) is 8.29. The molecule has 0 radical (unpaired) electrons. The van der Waals surface area contributed by atoms with Crippen molar-refractivity contribution in [3.63, 3.8) is 0 Å². The molecule has 1 aliphatic rings. The van der Waals surface area contributed by atoms with Crippen LogP contribution in [0.25, 0.3) is 0 Å². The highest BCUT2D eigenvalue weighted by molar-refractivity contribution is 5.30. The first-order valence-corrected chi connectivity index (χ1v) is 10.1. The second-order valence-electron chi connectivity index (χ2n) is 7.90. The van der Waals surface area contributed by atoms with Crippen LogP contribution in [0.4, 0.5) is 0 Å². The van der Waals surface area contributed by atoms with Gasteiger partial charge in [-0.1, -0.05) is 73.5 Å². The lowest BCUT2D eigenvalue weighted by Crippen LogP contribution is -2.35. The minimum Gasteiger partial charge on any atom is -0.441 e. The quantitative estimate of drug-likeness (QED) is 0.647. The average molecular weight is 377 g/mol. The number of oxazole rings is 1. The van der Waals surface area contributed by atoms with Crippen LogP contribution in [0.3, 0.4) is 0 Å². The van der Waals surface area contributed by atoms with Gasteiger partial charge >= 0.3 is 0 Å². The number of hydrogen-bond donors (Lipinski definition) is 1. The number of aromatic nitrogens is 1. The van der Waals surface area contributed by atoms with Crippen molar-refractivity contribution >= 4 is 0 Å². The molecule has 4 rings (SSSR count). The van der Waals surface area contributed by atoms with E-state index in [1.807, 2.05) is 36.4 Å². The van der Waals surface area contributed by atoms with Gasteiger partial charge in [0.05, 0.1) is 12.7 Å². The zero-order valence-electron chi connectivity index (χ0n) is 16.4. The van der Waals surface area contributed by atoms with Crippen molar-refractivity contribution < 1.29 is 9.52 Å². The fourth-order valence-corrected chi connectivity index (χ4v) is 4.34. The first-order chi connectivity index (χ1) is 13.7. The lowest BCUT2D eigenvalue weighted by Gasteiger charge is -2.31. The Morgan fingerprint density at radius 1 is 1.00 bits per heavy atom. The fourth-order valence-electron chi connectivity index (χ4n) is 4.34. The molecule has 4 nitrogen and oxygen atoms in total. The van der Waals surface area contributed by atoms with Gasteiger partial charge in [0.15, 0.2) is 5.60 Å². The normalized spacial score (nSPS) is 17.1. The van der Waals surface area contributed by atoms with Crippen LogP contribution in [0.15, 0.2) is 71.3 Å². The molecule has 0 amide bonds. The molecule has 146 valence electrons. The standard InChI is InChI=1S/C24H28N2O2/c1-26(17-19-10-4-2-5-11-19)18-22-16-25-23(28-22)24(27,21-14-8-9-15-21)20-12-6-3-7-13-20/h2-7,10-13,16,21,27H,8-9,14-15,17-18H2,1H3/t24-/m1/s1. The molecule has 1 heterocycles. The Hall–Kier alpha value is -2.43. The third kappa shape index (κ3) is 3.89. The van der Waals surface area contributed by atoms with E-state index < -0.39 is 5.60 Å². The topological polar surface area (TPSA) is 49.5 Å². The smallest absolute Gasteiger partial charge is 0.231 e. The summed E-state index contributed by atoms with van der Waals surface area (Å²) in [6.07, 6.45) is 6.05. The summed E-state index contributed by atoms with van der Waals surface area (Å²) in [5.41, 5.74) is 0.970. The van der Waals surface area contributed by atoms with Crippen LogP contribution >= 0.6 is 0 Å². The van der Waals surface area contributed by atoms with Crippen LogP contribution in [-0.2, 0) is 18.7 Å². The maximum absolute atomic E-state index is 11.8. The van der Waals surface area contributed by atoms with Gasteiger partial charge in [-0.05, 0) is 31.0 Å². The molecule has 0 unspecified atom stereocenters. The van der Waals surface area contributed by atoms with E-state index in [-0.39, 0.29) is 5.92 Å². The van der Waals surface area contributed by atoms with Crippen LogP contribution in [0, 0.1) is 5.92 Å². The molecule has 1 fully saturated rings. The molecule has 1 atom stereocenters. The Labute approximate surface area is 166 Å². The summed E-state index contributed by atoms with van der Waals surface area (Å²) in [5, 5.41) is 11.8. The van der Waals surface area contributed by atoms with Gasteiger partial charge in [-0.25, -0.2) is 4.98 Å². The van der Waals surface area contributed by atoms with E-state index in [1.54, 1.807) is 6.20 Å².